The number of para-hydroxylation sites is 2. The smallest absolute Gasteiger partial charge is 0.0630 e. The maximum atomic E-state index is 4.78. The number of aromatic nitrogens is 2. The van der Waals surface area contributed by atoms with E-state index in [0.29, 0.717) is 0 Å². The van der Waals surface area contributed by atoms with Gasteiger partial charge in [0.1, 0.15) is 0 Å². The molecule has 0 saturated carbocycles. The third kappa shape index (κ3) is 4.89. The molecule has 0 fully saturated rings. The molecule has 8 aromatic rings. The van der Waals surface area contributed by atoms with Crippen molar-refractivity contribution in [3.63, 3.8) is 0 Å². The van der Waals surface area contributed by atoms with E-state index in [4.69, 9.17) is 9.98 Å². The Morgan fingerprint density at radius 3 is 1.24 bits per heavy atom. The maximum absolute atomic E-state index is 4.78. The number of hydrogen-bond acceptors (Lipinski definition) is 2. The molecule has 0 saturated heterocycles. The summed E-state index contributed by atoms with van der Waals surface area (Å²) in [6, 6.07) is 47.3. The van der Waals surface area contributed by atoms with Crippen molar-refractivity contribution in [2.75, 3.05) is 0 Å². The van der Waals surface area contributed by atoms with Crippen LogP contribution in [0, 0.1) is 0 Å². The summed E-state index contributed by atoms with van der Waals surface area (Å²) in [5.41, 5.74) is 11.4. The van der Waals surface area contributed by atoms with Crippen LogP contribution in [0.2, 0.25) is 0 Å². The molecule has 4 nitrogen and oxygen atoms in total. The number of hydrogen-bond donors (Lipinski definition) is 0. The molecule has 8 rings (SSSR count). The molecule has 6 aromatic carbocycles. The molecule has 0 spiro atoms. The molecule has 0 unspecified atom stereocenters. The number of fused-ring (bicyclic) bond motifs is 6. The molecule has 0 amide bonds. The van der Waals surface area contributed by atoms with Crippen molar-refractivity contribution in [3.05, 3.63) is 145 Å². The lowest BCUT2D eigenvalue weighted by atomic mass is 10.1. The Bertz CT molecular complexity index is 2250. The van der Waals surface area contributed by atoms with Gasteiger partial charge in [-0.2, -0.15) is 0 Å². The van der Waals surface area contributed by atoms with Crippen LogP contribution < -0.4 is 0 Å². The van der Waals surface area contributed by atoms with Gasteiger partial charge in [0.25, 0.3) is 0 Å². The van der Waals surface area contributed by atoms with Gasteiger partial charge in [-0.25, -0.2) is 0 Å². The normalized spacial score (nSPS) is 12.1. The van der Waals surface area contributed by atoms with Crippen LogP contribution in [0.5, 0.6) is 0 Å². The fourth-order valence-corrected chi connectivity index (χ4v) is 6.76. The summed E-state index contributed by atoms with van der Waals surface area (Å²) >= 11 is 0. The summed E-state index contributed by atoms with van der Waals surface area (Å²) in [5, 5.41) is 5.11. The van der Waals surface area contributed by atoms with Crippen LogP contribution in [0.1, 0.15) is 25.0 Å². The molecule has 0 bridgehead atoms. The summed E-state index contributed by atoms with van der Waals surface area (Å²) in [4.78, 5) is 9.56. The zero-order chi connectivity index (χ0) is 31.0. The van der Waals surface area contributed by atoms with Gasteiger partial charge in [-0.15, -0.1) is 0 Å². The first-order valence-corrected chi connectivity index (χ1v) is 16.0. The van der Waals surface area contributed by atoms with Gasteiger partial charge < -0.3 is 9.13 Å². The van der Waals surface area contributed by atoms with E-state index in [1.54, 1.807) is 0 Å². The van der Waals surface area contributed by atoms with E-state index in [0.717, 1.165) is 46.7 Å². The molecule has 46 heavy (non-hydrogen) atoms. The van der Waals surface area contributed by atoms with E-state index < -0.39 is 0 Å². The number of nitrogens with zero attached hydrogens (tertiary/aromatic N) is 4. The highest BCUT2D eigenvalue weighted by atomic mass is 15.0. The van der Waals surface area contributed by atoms with Crippen LogP contribution in [0.15, 0.2) is 143 Å². The molecule has 0 aliphatic rings. The van der Waals surface area contributed by atoms with Gasteiger partial charge in [-0.05, 0) is 96.8 Å². The highest BCUT2D eigenvalue weighted by Crippen LogP contribution is 2.31. The lowest BCUT2D eigenvalue weighted by Crippen LogP contribution is -1.92. The number of aryl methyl sites for hydroxylation is 2. The van der Waals surface area contributed by atoms with Gasteiger partial charge in [0.05, 0.1) is 11.4 Å². The Hall–Kier alpha value is -5.74. The minimum Gasteiger partial charge on any atom is -0.341 e. The number of benzene rings is 6. The summed E-state index contributed by atoms with van der Waals surface area (Å²) in [7, 11) is 0. The van der Waals surface area contributed by atoms with E-state index >= 15 is 0 Å². The Morgan fingerprint density at radius 2 is 0.826 bits per heavy atom. The Labute approximate surface area is 268 Å². The highest BCUT2D eigenvalue weighted by molar-refractivity contribution is 6.10. The summed E-state index contributed by atoms with van der Waals surface area (Å²) in [6.07, 6.45) is 3.91. The maximum Gasteiger partial charge on any atom is 0.0630 e. The molecule has 2 heterocycles. The molecule has 0 atom stereocenters. The molecule has 0 radical (unpaired) electrons. The van der Waals surface area contributed by atoms with E-state index in [2.05, 4.69) is 156 Å². The molecule has 0 aliphatic heterocycles. The van der Waals surface area contributed by atoms with Crippen LogP contribution in [-0.2, 0) is 13.1 Å². The fourth-order valence-electron chi connectivity index (χ4n) is 6.76. The van der Waals surface area contributed by atoms with Gasteiger partial charge in [-0.1, -0.05) is 72.8 Å². The predicted octanol–water partition coefficient (Wildman–Crippen LogP) is 11.1. The monoisotopic (exact) mass is 594 g/mol. The zero-order valence-corrected chi connectivity index (χ0v) is 26.1. The van der Waals surface area contributed by atoms with Crippen molar-refractivity contribution in [1.82, 2.24) is 9.13 Å². The van der Waals surface area contributed by atoms with Crippen LogP contribution >= 0.6 is 0 Å². The van der Waals surface area contributed by atoms with Crippen molar-refractivity contribution in [2.24, 2.45) is 9.98 Å². The van der Waals surface area contributed by atoms with Gasteiger partial charge in [-0.3, -0.25) is 9.98 Å². The molecule has 4 heteroatoms. The van der Waals surface area contributed by atoms with Crippen molar-refractivity contribution in [2.45, 2.75) is 26.9 Å². The second-order valence-corrected chi connectivity index (χ2v) is 11.7. The van der Waals surface area contributed by atoms with E-state index in [9.17, 15) is 0 Å². The minimum absolute atomic E-state index is 0.931. The summed E-state index contributed by atoms with van der Waals surface area (Å²) in [6.45, 7) is 6.29. The second-order valence-electron chi connectivity index (χ2n) is 11.7. The predicted molar refractivity (Wildman–Crippen MR) is 197 cm³/mol. The molecule has 2 aromatic heterocycles. The fraction of sp³-hybridized carbons (Fsp3) is 0.0952. The first-order valence-electron chi connectivity index (χ1n) is 16.0. The largest absolute Gasteiger partial charge is 0.341 e. The third-order valence-electron chi connectivity index (χ3n) is 9.02. The number of rotatable bonds is 7. The first kappa shape index (κ1) is 27.8. The quantitative estimate of drug-likeness (QED) is 0.165. The third-order valence-corrected chi connectivity index (χ3v) is 9.02. The van der Waals surface area contributed by atoms with Crippen LogP contribution in [0.3, 0.4) is 0 Å². The lowest BCUT2D eigenvalue weighted by molar-refractivity contribution is 0.827. The van der Waals surface area contributed by atoms with Gasteiger partial charge in [0, 0.05) is 69.1 Å². The topological polar surface area (TPSA) is 34.6 Å². The Balaban J connectivity index is 0.979. The van der Waals surface area contributed by atoms with Crippen molar-refractivity contribution >= 4 is 67.4 Å². The summed E-state index contributed by atoms with van der Waals surface area (Å²) < 4.78 is 4.74. The van der Waals surface area contributed by atoms with Crippen LogP contribution in [0.25, 0.3) is 54.7 Å². The zero-order valence-electron chi connectivity index (χ0n) is 26.1. The SMILES string of the molecule is CCn1c2ccccc2c2cc(C=Nc3ccc(-c4ccc(N=Cc5ccc6c(c5)c5ccccc5n6CC)cc4)cc3)ccc21. The number of aliphatic imine (C=N–C) groups is 2. The average Bonchev–Trinajstić information content (AvgIpc) is 3.61. The van der Waals surface area contributed by atoms with Gasteiger partial charge in [0.2, 0.25) is 0 Å². The highest BCUT2D eigenvalue weighted by Gasteiger charge is 2.10. The Kier molecular flexibility index (Phi) is 7.03. The summed E-state index contributed by atoms with van der Waals surface area (Å²) in [5.74, 6) is 0. The Morgan fingerprint density at radius 1 is 0.435 bits per heavy atom. The van der Waals surface area contributed by atoms with Crippen LogP contribution in [-0.4, -0.2) is 21.6 Å². The average molecular weight is 595 g/mol. The molecular weight excluding hydrogens is 560 g/mol. The molecule has 0 aliphatic carbocycles. The van der Waals surface area contributed by atoms with Crippen molar-refractivity contribution in [3.8, 4) is 11.1 Å². The van der Waals surface area contributed by atoms with E-state index in [-0.39, 0.29) is 0 Å². The van der Waals surface area contributed by atoms with Crippen molar-refractivity contribution < 1.29 is 0 Å². The van der Waals surface area contributed by atoms with Gasteiger partial charge >= 0.3 is 0 Å². The second kappa shape index (κ2) is 11.6. The van der Waals surface area contributed by atoms with Crippen molar-refractivity contribution in [1.29, 1.82) is 0 Å². The van der Waals surface area contributed by atoms with Gasteiger partial charge in [0.15, 0.2) is 0 Å². The van der Waals surface area contributed by atoms with E-state index in [1.165, 1.54) is 43.6 Å². The first-order chi connectivity index (χ1) is 22.7. The minimum atomic E-state index is 0.931. The molecule has 222 valence electrons. The molecular formula is C42H34N4. The molecule has 0 N–H and O–H groups in total. The van der Waals surface area contributed by atoms with Crippen LogP contribution in [0.4, 0.5) is 11.4 Å². The van der Waals surface area contributed by atoms with E-state index in [1.807, 2.05) is 12.4 Å². The standard InChI is InChI=1S/C42H34N4/c1-3-45-39-11-7-5-9-35(39)37-25-29(13-23-41(37)45)27-43-33-19-15-31(16-20-33)32-17-21-34(22-18-32)44-28-30-14-24-42-38(26-30)36-10-6-8-12-40(36)46(42)4-2/h5-28H,3-4H2,1-2H3. The lowest BCUT2D eigenvalue weighted by Gasteiger charge is -2.04.